The molecule has 0 bridgehead atoms. The quantitative estimate of drug-likeness (QED) is 0.547. The number of rotatable bonds is 5. The number of nitrogens with zero attached hydrogens (tertiary/aromatic N) is 1. The van der Waals surface area contributed by atoms with Gasteiger partial charge in [0.05, 0.1) is 0 Å². The zero-order valence-electron chi connectivity index (χ0n) is 11.2. The van der Waals surface area contributed by atoms with Crippen LogP contribution in [0.2, 0.25) is 0 Å². The van der Waals surface area contributed by atoms with Crippen LogP contribution in [0.3, 0.4) is 0 Å². The van der Waals surface area contributed by atoms with Gasteiger partial charge in [0.2, 0.25) is 5.91 Å². The first kappa shape index (κ1) is 14.8. The summed E-state index contributed by atoms with van der Waals surface area (Å²) < 4.78 is 1.25. The summed E-state index contributed by atoms with van der Waals surface area (Å²) in [6.07, 6.45) is 0. The van der Waals surface area contributed by atoms with E-state index >= 15 is 0 Å². The standard InChI is InChI=1S/C11H19N5O3/c1-5(2)4-16-8(12)7(10(18)15-11(16)19)14-6(3)9(13)17/h5-6,14H,4,12H2,1-3H3,(H2,13,17)(H,15,18,19). The van der Waals surface area contributed by atoms with Gasteiger partial charge in [0, 0.05) is 6.54 Å². The Morgan fingerprint density at radius 1 is 1.37 bits per heavy atom. The van der Waals surface area contributed by atoms with Gasteiger partial charge in [0.1, 0.15) is 17.5 Å². The van der Waals surface area contributed by atoms with Gasteiger partial charge in [-0.15, -0.1) is 0 Å². The van der Waals surface area contributed by atoms with Crippen LogP contribution in [0.15, 0.2) is 9.59 Å². The van der Waals surface area contributed by atoms with E-state index in [1.165, 1.54) is 11.5 Å². The molecular weight excluding hydrogens is 250 g/mol. The first-order valence-corrected chi connectivity index (χ1v) is 5.92. The minimum atomic E-state index is -0.770. The molecule has 8 nitrogen and oxygen atoms in total. The van der Waals surface area contributed by atoms with Crippen molar-refractivity contribution in [3.8, 4) is 0 Å². The molecule has 0 spiro atoms. The lowest BCUT2D eigenvalue weighted by Crippen LogP contribution is -2.39. The summed E-state index contributed by atoms with van der Waals surface area (Å²) in [7, 11) is 0. The third-order valence-electron chi connectivity index (χ3n) is 2.57. The molecule has 1 atom stereocenters. The highest BCUT2D eigenvalue weighted by Gasteiger charge is 2.17. The number of nitrogens with one attached hydrogen (secondary N) is 2. The van der Waals surface area contributed by atoms with Crippen LogP contribution in [0.5, 0.6) is 0 Å². The second-order valence-corrected chi connectivity index (χ2v) is 4.79. The molecule has 0 aliphatic rings. The summed E-state index contributed by atoms with van der Waals surface area (Å²) in [6, 6.07) is -0.770. The lowest BCUT2D eigenvalue weighted by Gasteiger charge is -2.17. The fourth-order valence-corrected chi connectivity index (χ4v) is 1.56. The predicted molar refractivity (Wildman–Crippen MR) is 72.9 cm³/mol. The highest BCUT2D eigenvalue weighted by Crippen LogP contribution is 2.12. The van der Waals surface area contributed by atoms with Crippen molar-refractivity contribution in [3.63, 3.8) is 0 Å². The second kappa shape index (κ2) is 5.59. The molecule has 0 aromatic carbocycles. The van der Waals surface area contributed by atoms with E-state index in [9.17, 15) is 14.4 Å². The van der Waals surface area contributed by atoms with Gasteiger partial charge in [-0.1, -0.05) is 13.8 Å². The number of carbonyl (C=O) groups excluding carboxylic acids is 1. The van der Waals surface area contributed by atoms with E-state index in [1.807, 2.05) is 13.8 Å². The molecule has 1 unspecified atom stereocenters. The van der Waals surface area contributed by atoms with Crippen molar-refractivity contribution in [2.24, 2.45) is 11.7 Å². The average molecular weight is 269 g/mol. The zero-order chi connectivity index (χ0) is 14.7. The van der Waals surface area contributed by atoms with Gasteiger partial charge in [-0.2, -0.15) is 0 Å². The number of hydrogen-bond acceptors (Lipinski definition) is 5. The molecule has 6 N–H and O–H groups in total. The van der Waals surface area contributed by atoms with E-state index in [4.69, 9.17) is 11.5 Å². The predicted octanol–water partition coefficient (Wildman–Crippen LogP) is -0.939. The monoisotopic (exact) mass is 269 g/mol. The fraction of sp³-hybridized carbons (Fsp3) is 0.545. The van der Waals surface area contributed by atoms with Crippen molar-refractivity contribution in [3.05, 3.63) is 20.8 Å². The Balaban J connectivity index is 3.29. The van der Waals surface area contributed by atoms with E-state index in [2.05, 4.69) is 10.3 Å². The third kappa shape index (κ3) is 3.36. The molecule has 19 heavy (non-hydrogen) atoms. The number of H-pyrrole nitrogens is 1. The Morgan fingerprint density at radius 2 is 1.95 bits per heavy atom. The first-order chi connectivity index (χ1) is 8.73. The Kier molecular flexibility index (Phi) is 4.36. The van der Waals surface area contributed by atoms with Crippen molar-refractivity contribution in [1.29, 1.82) is 0 Å². The van der Waals surface area contributed by atoms with Crippen LogP contribution in [0.1, 0.15) is 20.8 Å². The van der Waals surface area contributed by atoms with Crippen LogP contribution in [0.4, 0.5) is 11.5 Å². The van der Waals surface area contributed by atoms with Crippen molar-refractivity contribution in [2.75, 3.05) is 11.1 Å². The highest BCUT2D eigenvalue weighted by molar-refractivity contribution is 5.83. The topological polar surface area (TPSA) is 136 Å². The van der Waals surface area contributed by atoms with Crippen LogP contribution in [-0.2, 0) is 11.3 Å². The van der Waals surface area contributed by atoms with E-state index < -0.39 is 23.2 Å². The van der Waals surface area contributed by atoms with Crippen molar-refractivity contribution < 1.29 is 4.79 Å². The van der Waals surface area contributed by atoms with Gasteiger partial charge in [-0.3, -0.25) is 19.1 Å². The first-order valence-electron chi connectivity index (χ1n) is 5.92. The van der Waals surface area contributed by atoms with Gasteiger partial charge >= 0.3 is 5.69 Å². The lowest BCUT2D eigenvalue weighted by atomic mass is 10.2. The third-order valence-corrected chi connectivity index (χ3v) is 2.57. The molecule has 0 fully saturated rings. The van der Waals surface area contributed by atoms with Crippen molar-refractivity contribution in [2.45, 2.75) is 33.4 Å². The maximum absolute atomic E-state index is 11.7. The Labute approximate surface area is 109 Å². The van der Waals surface area contributed by atoms with Crippen LogP contribution >= 0.6 is 0 Å². The SMILES string of the molecule is CC(C)Cn1c(N)c(NC(C)C(N)=O)c(=O)[nH]c1=O. The largest absolute Gasteiger partial charge is 0.383 e. The van der Waals surface area contributed by atoms with Crippen LogP contribution in [-0.4, -0.2) is 21.5 Å². The molecule has 0 aliphatic carbocycles. The Morgan fingerprint density at radius 3 is 2.42 bits per heavy atom. The molecule has 1 aromatic heterocycles. The van der Waals surface area contributed by atoms with E-state index in [1.54, 1.807) is 0 Å². The number of aromatic nitrogens is 2. The maximum Gasteiger partial charge on any atom is 0.330 e. The molecule has 1 heterocycles. The molecule has 0 saturated carbocycles. The molecule has 0 saturated heterocycles. The number of carbonyl (C=O) groups is 1. The average Bonchev–Trinajstić information content (AvgIpc) is 2.29. The molecule has 8 heteroatoms. The maximum atomic E-state index is 11.7. The lowest BCUT2D eigenvalue weighted by molar-refractivity contribution is -0.118. The van der Waals surface area contributed by atoms with Crippen molar-refractivity contribution >= 4 is 17.4 Å². The molecule has 0 aliphatic heterocycles. The summed E-state index contributed by atoms with van der Waals surface area (Å²) in [4.78, 5) is 36.5. The summed E-state index contributed by atoms with van der Waals surface area (Å²) in [5.41, 5.74) is 9.65. The van der Waals surface area contributed by atoms with Crippen LogP contribution in [0, 0.1) is 5.92 Å². The summed E-state index contributed by atoms with van der Waals surface area (Å²) in [5, 5.41) is 2.62. The summed E-state index contributed by atoms with van der Waals surface area (Å²) in [5.74, 6) is -0.455. The van der Waals surface area contributed by atoms with Gasteiger partial charge < -0.3 is 16.8 Å². The number of amides is 1. The summed E-state index contributed by atoms with van der Waals surface area (Å²) in [6.45, 7) is 5.69. The Bertz CT molecular complexity index is 587. The molecule has 1 rings (SSSR count). The number of nitrogens with two attached hydrogens (primary N) is 2. The highest BCUT2D eigenvalue weighted by atomic mass is 16.2. The van der Waals surface area contributed by atoms with Crippen LogP contribution < -0.4 is 28.0 Å². The van der Waals surface area contributed by atoms with Gasteiger partial charge in [-0.05, 0) is 12.8 Å². The molecule has 1 amide bonds. The number of aromatic amines is 1. The minimum absolute atomic E-state index is 0.00412. The fourth-order valence-electron chi connectivity index (χ4n) is 1.56. The number of hydrogen-bond donors (Lipinski definition) is 4. The van der Waals surface area contributed by atoms with Crippen molar-refractivity contribution in [1.82, 2.24) is 9.55 Å². The van der Waals surface area contributed by atoms with Gasteiger partial charge in [-0.25, -0.2) is 4.79 Å². The normalized spacial score (nSPS) is 12.4. The number of primary amides is 1. The van der Waals surface area contributed by atoms with Gasteiger partial charge in [0.25, 0.3) is 5.56 Å². The van der Waals surface area contributed by atoms with E-state index in [0.29, 0.717) is 6.54 Å². The molecule has 0 radical (unpaired) electrons. The smallest absolute Gasteiger partial charge is 0.330 e. The molecule has 106 valence electrons. The van der Waals surface area contributed by atoms with Gasteiger partial charge in [0.15, 0.2) is 0 Å². The van der Waals surface area contributed by atoms with Crippen LogP contribution in [0.25, 0.3) is 0 Å². The Hall–Kier alpha value is -2.25. The summed E-state index contributed by atoms with van der Waals surface area (Å²) >= 11 is 0. The zero-order valence-corrected chi connectivity index (χ0v) is 11.2. The van der Waals surface area contributed by atoms with E-state index in [-0.39, 0.29) is 17.4 Å². The number of nitrogen functional groups attached to an aromatic ring is 1. The van der Waals surface area contributed by atoms with E-state index in [0.717, 1.165) is 0 Å². The molecular formula is C11H19N5O3. The minimum Gasteiger partial charge on any atom is -0.383 e. The number of anilines is 2. The molecule has 1 aromatic rings. The second-order valence-electron chi connectivity index (χ2n) is 4.79.